The number of aryl methyl sites for hydroxylation is 2. The van der Waals surface area contributed by atoms with Crippen LogP contribution in [0.1, 0.15) is 24.0 Å². The van der Waals surface area contributed by atoms with Gasteiger partial charge in [-0.05, 0) is 26.0 Å². The van der Waals surface area contributed by atoms with Crippen molar-refractivity contribution in [3.63, 3.8) is 0 Å². The zero-order valence-corrected chi connectivity index (χ0v) is 10.9. The predicted molar refractivity (Wildman–Crippen MR) is 69.1 cm³/mol. The number of hydrogen-bond donors (Lipinski definition) is 0. The molecule has 0 atom stereocenters. The van der Waals surface area contributed by atoms with E-state index in [2.05, 4.69) is 15.0 Å². The Morgan fingerprint density at radius 2 is 1.94 bits per heavy atom. The quantitative estimate of drug-likeness (QED) is 0.764. The largest absolute Gasteiger partial charge is 0.261 e. The summed E-state index contributed by atoms with van der Waals surface area (Å²) < 4.78 is 0. The Morgan fingerprint density at radius 3 is 2.53 bits per heavy atom. The SMILES string of the molecule is CCc1nc(Cl)c(C)c(-c2ccc(C)nc2)n1. The molecule has 2 aromatic rings. The molecule has 2 heterocycles. The molecular formula is C13H14ClN3. The zero-order chi connectivity index (χ0) is 12.4. The summed E-state index contributed by atoms with van der Waals surface area (Å²) in [4.78, 5) is 13.0. The summed E-state index contributed by atoms with van der Waals surface area (Å²) in [6, 6.07) is 3.98. The summed E-state index contributed by atoms with van der Waals surface area (Å²) >= 11 is 6.11. The fourth-order valence-corrected chi connectivity index (χ4v) is 1.77. The Kier molecular flexibility index (Phi) is 3.38. The number of nitrogens with zero attached hydrogens (tertiary/aromatic N) is 3. The lowest BCUT2D eigenvalue weighted by molar-refractivity contribution is 0.933. The number of pyridine rings is 1. The topological polar surface area (TPSA) is 38.7 Å². The molecule has 0 fully saturated rings. The highest BCUT2D eigenvalue weighted by Gasteiger charge is 2.10. The molecule has 0 radical (unpaired) electrons. The van der Waals surface area contributed by atoms with Gasteiger partial charge in [0.1, 0.15) is 11.0 Å². The summed E-state index contributed by atoms with van der Waals surface area (Å²) in [5.74, 6) is 0.760. The summed E-state index contributed by atoms with van der Waals surface area (Å²) in [6.45, 7) is 5.90. The van der Waals surface area contributed by atoms with E-state index in [9.17, 15) is 0 Å². The van der Waals surface area contributed by atoms with Gasteiger partial charge in [0.2, 0.25) is 0 Å². The Bertz CT molecular complexity index is 535. The second-order valence-corrected chi connectivity index (χ2v) is 4.30. The van der Waals surface area contributed by atoms with Crippen LogP contribution in [0.15, 0.2) is 18.3 Å². The van der Waals surface area contributed by atoms with Crippen LogP contribution < -0.4 is 0 Å². The van der Waals surface area contributed by atoms with E-state index in [1.165, 1.54) is 0 Å². The van der Waals surface area contributed by atoms with Gasteiger partial charge in [0, 0.05) is 29.4 Å². The summed E-state index contributed by atoms with van der Waals surface area (Å²) in [5.41, 5.74) is 3.73. The van der Waals surface area contributed by atoms with Gasteiger partial charge in [0.05, 0.1) is 5.69 Å². The molecule has 0 bridgehead atoms. The highest BCUT2D eigenvalue weighted by molar-refractivity contribution is 6.30. The minimum Gasteiger partial charge on any atom is -0.261 e. The van der Waals surface area contributed by atoms with Crippen LogP contribution in [-0.2, 0) is 6.42 Å². The van der Waals surface area contributed by atoms with Crippen molar-refractivity contribution < 1.29 is 0 Å². The van der Waals surface area contributed by atoms with Crippen molar-refractivity contribution in [1.29, 1.82) is 0 Å². The van der Waals surface area contributed by atoms with Crippen LogP contribution in [0, 0.1) is 13.8 Å². The number of aromatic nitrogens is 3. The molecule has 3 nitrogen and oxygen atoms in total. The van der Waals surface area contributed by atoms with E-state index in [1.807, 2.05) is 39.1 Å². The van der Waals surface area contributed by atoms with E-state index in [1.54, 1.807) is 0 Å². The fraction of sp³-hybridized carbons (Fsp3) is 0.308. The van der Waals surface area contributed by atoms with Gasteiger partial charge >= 0.3 is 0 Å². The van der Waals surface area contributed by atoms with Gasteiger partial charge in [-0.3, -0.25) is 4.98 Å². The van der Waals surface area contributed by atoms with Crippen molar-refractivity contribution in [2.24, 2.45) is 0 Å². The molecule has 0 aliphatic carbocycles. The maximum Gasteiger partial charge on any atom is 0.136 e. The lowest BCUT2D eigenvalue weighted by Gasteiger charge is -2.08. The molecule has 88 valence electrons. The summed E-state index contributed by atoms with van der Waals surface area (Å²) in [7, 11) is 0. The highest BCUT2D eigenvalue weighted by atomic mass is 35.5. The third kappa shape index (κ3) is 2.44. The van der Waals surface area contributed by atoms with Gasteiger partial charge in [-0.1, -0.05) is 18.5 Å². The molecule has 0 saturated carbocycles. The van der Waals surface area contributed by atoms with Gasteiger partial charge in [-0.15, -0.1) is 0 Å². The molecule has 0 N–H and O–H groups in total. The first kappa shape index (κ1) is 12.0. The third-order valence-corrected chi connectivity index (χ3v) is 3.00. The van der Waals surface area contributed by atoms with Crippen LogP contribution in [0.2, 0.25) is 5.15 Å². The number of hydrogen-bond acceptors (Lipinski definition) is 3. The molecule has 17 heavy (non-hydrogen) atoms. The van der Waals surface area contributed by atoms with E-state index < -0.39 is 0 Å². The first-order valence-corrected chi connectivity index (χ1v) is 5.95. The molecule has 0 aromatic carbocycles. The van der Waals surface area contributed by atoms with E-state index in [0.717, 1.165) is 34.8 Å². The van der Waals surface area contributed by atoms with Crippen LogP contribution >= 0.6 is 11.6 Å². The average Bonchev–Trinajstić information content (AvgIpc) is 2.34. The molecule has 0 aliphatic heterocycles. The number of halogens is 1. The van der Waals surface area contributed by atoms with Gasteiger partial charge in [0.25, 0.3) is 0 Å². The molecule has 2 aromatic heterocycles. The van der Waals surface area contributed by atoms with Crippen molar-refractivity contribution in [3.8, 4) is 11.3 Å². The summed E-state index contributed by atoms with van der Waals surface area (Å²) in [6.07, 6.45) is 2.59. The Labute approximate surface area is 106 Å². The lowest BCUT2D eigenvalue weighted by atomic mass is 10.1. The maximum absolute atomic E-state index is 6.11. The van der Waals surface area contributed by atoms with E-state index in [4.69, 9.17) is 11.6 Å². The maximum atomic E-state index is 6.11. The molecular weight excluding hydrogens is 234 g/mol. The van der Waals surface area contributed by atoms with Crippen molar-refractivity contribution in [2.75, 3.05) is 0 Å². The normalized spacial score (nSPS) is 10.6. The molecule has 2 rings (SSSR count). The third-order valence-electron chi connectivity index (χ3n) is 2.63. The van der Waals surface area contributed by atoms with Crippen LogP contribution in [0.25, 0.3) is 11.3 Å². The Morgan fingerprint density at radius 1 is 1.18 bits per heavy atom. The monoisotopic (exact) mass is 247 g/mol. The second-order valence-electron chi connectivity index (χ2n) is 3.95. The van der Waals surface area contributed by atoms with Crippen LogP contribution in [-0.4, -0.2) is 15.0 Å². The second kappa shape index (κ2) is 4.80. The van der Waals surface area contributed by atoms with Crippen LogP contribution in [0.5, 0.6) is 0 Å². The minimum absolute atomic E-state index is 0.521. The molecule has 0 amide bonds. The first-order valence-electron chi connectivity index (χ1n) is 5.58. The van der Waals surface area contributed by atoms with E-state index in [0.29, 0.717) is 5.15 Å². The van der Waals surface area contributed by atoms with Gasteiger partial charge < -0.3 is 0 Å². The zero-order valence-electron chi connectivity index (χ0n) is 10.2. The molecule has 0 spiro atoms. The molecule has 4 heteroatoms. The number of rotatable bonds is 2. The van der Waals surface area contributed by atoms with Crippen molar-refractivity contribution >= 4 is 11.6 Å². The lowest BCUT2D eigenvalue weighted by Crippen LogP contribution is -1.99. The first-order chi connectivity index (χ1) is 8.11. The highest BCUT2D eigenvalue weighted by Crippen LogP contribution is 2.25. The smallest absolute Gasteiger partial charge is 0.136 e. The Balaban J connectivity index is 2.57. The predicted octanol–water partition coefficient (Wildman–Crippen LogP) is 3.37. The van der Waals surface area contributed by atoms with E-state index in [-0.39, 0.29) is 0 Å². The van der Waals surface area contributed by atoms with Crippen molar-refractivity contribution in [2.45, 2.75) is 27.2 Å². The van der Waals surface area contributed by atoms with Crippen LogP contribution in [0.3, 0.4) is 0 Å². The van der Waals surface area contributed by atoms with Gasteiger partial charge in [-0.25, -0.2) is 9.97 Å². The van der Waals surface area contributed by atoms with Gasteiger partial charge in [-0.2, -0.15) is 0 Å². The van der Waals surface area contributed by atoms with Crippen molar-refractivity contribution in [3.05, 3.63) is 40.6 Å². The van der Waals surface area contributed by atoms with E-state index >= 15 is 0 Å². The average molecular weight is 248 g/mol. The molecule has 0 unspecified atom stereocenters. The molecule has 0 saturated heterocycles. The summed E-state index contributed by atoms with van der Waals surface area (Å²) in [5, 5.41) is 0.521. The standard InChI is InChI=1S/C13H14ClN3/c1-4-11-16-12(9(3)13(14)17-11)10-6-5-8(2)15-7-10/h5-7H,4H2,1-3H3. The molecule has 0 aliphatic rings. The minimum atomic E-state index is 0.521. The Hall–Kier alpha value is -1.48. The van der Waals surface area contributed by atoms with Crippen LogP contribution in [0.4, 0.5) is 0 Å². The van der Waals surface area contributed by atoms with Gasteiger partial charge in [0.15, 0.2) is 0 Å². The fourth-order valence-electron chi connectivity index (χ4n) is 1.58. The van der Waals surface area contributed by atoms with Crippen molar-refractivity contribution in [1.82, 2.24) is 15.0 Å².